The first-order chi connectivity index (χ1) is 9.22. The molecule has 0 atom stereocenters. The van der Waals surface area contributed by atoms with Crippen molar-refractivity contribution in [3.63, 3.8) is 0 Å². The standard InChI is InChI=1S/C12H24N6OS/c1-11(2,3)17-18-12(7-5-4-6-8-12)14-10(20)16-15-9(13)19/h4-8H2,1-3H3,(H3,13,15,19)(H2,14,16,20)/b18-17+. The highest BCUT2D eigenvalue weighted by Crippen LogP contribution is 2.30. The van der Waals surface area contributed by atoms with Gasteiger partial charge < -0.3 is 11.1 Å². The van der Waals surface area contributed by atoms with E-state index in [-0.39, 0.29) is 5.54 Å². The zero-order valence-electron chi connectivity index (χ0n) is 12.3. The summed E-state index contributed by atoms with van der Waals surface area (Å²) < 4.78 is 0. The van der Waals surface area contributed by atoms with Gasteiger partial charge in [0.1, 0.15) is 0 Å². The Bertz CT molecular complexity index is 384. The second-order valence-corrected chi connectivity index (χ2v) is 6.44. The molecule has 0 aliphatic heterocycles. The minimum atomic E-state index is -0.692. The lowest BCUT2D eigenvalue weighted by molar-refractivity contribution is 0.244. The molecule has 5 N–H and O–H groups in total. The van der Waals surface area contributed by atoms with Gasteiger partial charge in [0.05, 0.1) is 5.54 Å². The molecule has 0 heterocycles. The summed E-state index contributed by atoms with van der Waals surface area (Å²) in [6, 6.07) is -0.692. The highest BCUT2D eigenvalue weighted by molar-refractivity contribution is 7.80. The second kappa shape index (κ2) is 6.83. The van der Waals surface area contributed by atoms with Crippen LogP contribution in [0.2, 0.25) is 0 Å². The molecule has 0 aromatic heterocycles. The van der Waals surface area contributed by atoms with E-state index >= 15 is 0 Å². The zero-order chi connectivity index (χ0) is 15.2. The van der Waals surface area contributed by atoms with Crippen molar-refractivity contribution >= 4 is 23.4 Å². The Labute approximate surface area is 125 Å². The van der Waals surface area contributed by atoms with Crippen molar-refractivity contribution in [2.24, 2.45) is 16.0 Å². The number of carbonyl (C=O) groups excluding carboxylic acids is 1. The predicted molar refractivity (Wildman–Crippen MR) is 82.0 cm³/mol. The highest BCUT2D eigenvalue weighted by atomic mass is 32.1. The van der Waals surface area contributed by atoms with Gasteiger partial charge in [-0.1, -0.05) is 6.42 Å². The summed E-state index contributed by atoms with van der Waals surface area (Å²) in [5.74, 6) is 0. The molecule has 8 heteroatoms. The fourth-order valence-corrected chi connectivity index (χ4v) is 2.23. The third-order valence-corrected chi connectivity index (χ3v) is 3.07. The first kappa shape index (κ1) is 16.6. The minimum absolute atomic E-state index is 0.230. The van der Waals surface area contributed by atoms with Gasteiger partial charge >= 0.3 is 6.03 Å². The molecule has 1 rings (SSSR count). The summed E-state index contributed by atoms with van der Waals surface area (Å²) in [5, 5.41) is 12.3. The van der Waals surface area contributed by atoms with E-state index in [1.54, 1.807) is 0 Å². The van der Waals surface area contributed by atoms with Crippen LogP contribution in [-0.2, 0) is 0 Å². The van der Waals surface area contributed by atoms with Gasteiger partial charge in [0.2, 0.25) is 0 Å². The van der Waals surface area contributed by atoms with E-state index in [0.717, 1.165) is 25.7 Å². The number of primary amides is 1. The van der Waals surface area contributed by atoms with E-state index in [0.29, 0.717) is 5.11 Å². The molecular weight excluding hydrogens is 276 g/mol. The van der Waals surface area contributed by atoms with E-state index in [1.165, 1.54) is 6.42 Å². The van der Waals surface area contributed by atoms with Gasteiger partial charge in [0.15, 0.2) is 10.8 Å². The fraction of sp³-hybridized carbons (Fsp3) is 0.833. The number of hydrazine groups is 1. The van der Waals surface area contributed by atoms with Crippen molar-refractivity contribution in [3.8, 4) is 0 Å². The predicted octanol–water partition coefficient (Wildman–Crippen LogP) is 1.94. The number of urea groups is 1. The van der Waals surface area contributed by atoms with Gasteiger partial charge in [0, 0.05) is 0 Å². The number of azo groups is 1. The average Bonchev–Trinajstić information content (AvgIpc) is 2.34. The molecule has 0 bridgehead atoms. The average molecular weight is 300 g/mol. The second-order valence-electron chi connectivity index (χ2n) is 6.03. The van der Waals surface area contributed by atoms with E-state index in [1.807, 2.05) is 20.8 Å². The number of hydrogen-bond donors (Lipinski definition) is 4. The molecule has 2 amide bonds. The van der Waals surface area contributed by atoms with Gasteiger partial charge in [-0.3, -0.25) is 5.43 Å². The third kappa shape index (κ3) is 6.14. The number of amides is 2. The molecule has 20 heavy (non-hydrogen) atoms. The monoisotopic (exact) mass is 300 g/mol. The number of carbonyl (C=O) groups is 1. The Morgan fingerprint density at radius 3 is 2.30 bits per heavy atom. The molecule has 114 valence electrons. The van der Waals surface area contributed by atoms with Crippen LogP contribution in [0.15, 0.2) is 10.2 Å². The number of rotatable bonds is 2. The Morgan fingerprint density at radius 1 is 1.20 bits per heavy atom. The normalized spacial score (nSPS) is 18.6. The van der Waals surface area contributed by atoms with E-state index in [4.69, 9.17) is 18.0 Å². The van der Waals surface area contributed by atoms with Crippen LogP contribution < -0.4 is 21.9 Å². The molecule has 0 aromatic rings. The summed E-state index contributed by atoms with van der Waals surface area (Å²) in [5.41, 5.74) is 9.04. The van der Waals surface area contributed by atoms with Gasteiger partial charge in [-0.25, -0.2) is 10.2 Å². The topological polar surface area (TPSA) is 104 Å². The Balaban J connectivity index is 2.71. The van der Waals surface area contributed by atoms with Crippen LogP contribution in [0.3, 0.4) is 0 Å². The van der Waals surface area contributed by atoms with Gasteiger partial charge in [0.25, 0.3) is 0 Å². The van der Waals surface area contributed by atoms with Gasteiger partial charge in [-0.2, -0.15) is 10.2 Å². The molecule has 0 saturated heterocycles. The molecule has 1 saturated carbocycles. The van der Waals surface area contributed by atoms with Crippen molar-refractivity contribution in [1.29, 1.82) is 0 Å². The number of nitrogens with two attached hydrogens (primary N) is 1. The lowest BCUT2D eigenvalue weighted by Gasteiger charge is -2.35. The van der Waals surface area contributed by atoms with Gasteiger partial charge in [-0.05, 0) is 58.7 Å². The highest BCUT2D eigenvalue weighted by Gasteiger charge is 2.33. The van der Waals surface area contributed by atoms with Crippen molar-refractivity contribution in [1.82, 2.24) is 16.2 Å². The largest absolute Gasteiger partial charge is 0.350 e. The Kier molecular flexibility index (Phi) is 5.67. The lowest BCUT2D eigenvalue weighted by atomic mass is 9.90. The number of nitrogens with zero attached hydrogens (tertiary/aromatic N) is 2. The molecule has 0 spiro atoms. The Hall–Kier alpha value is -1.44. The van der Waals surface area contributed by atoms with Crippen molar-refractivity contribution < 1.29 is 4.79 Å². The summed E-state index contributed by atoms with van der Waals surface area (Å²) in [6.45, 7) is 5.99. The quantitative estimate of drug-likeness (QED) is 0.355. The maximum Gasteiger partial charge on any atom is 0.330 e. The first-order valence-electron chi connectivity index (χ1n) is 6.80. The smallest absolute Gasteiger partial charge is 0.330 e. The molecule has 1 fully saturated rings. The van der Waals surface area contributed by atoms with Crippen LogP contribution in [0.25, 0.3) is 0 Å². The number of hydrogen-bond acceptors (Lipinski definition) is 4. The summed E-state index contributed by atoms with van der Waals surface area (Å²) in [6.07, 6.45) is 5.06. The molecule has 0 aromatic carbocycles. The van der Waals surface area contributed by atoms with Crippen molar-refractivity contribution in [3.05, 3.63) is 0 Å². The van der Waals surface area contributed by atoms with Crippen LogP contribution in [0, 0.1) is 0 Å². The van der Waals surface area contributed by atoms with E-state index < -0.39 is 11.7 Å². The van der Waals surface area contributed by atoms with Crippen LogP contribution in [0.4, 0.5) is 4.79 Å². The number of thiocarbonyl (C=S) groups is 1. The maximum absolute atomic E-state index is 10.7. The molecule has 1 aliphatic rings. The Morgan fingerprint density at radius 2 is 1.80 bits per heavy atom. The van der Waals surface area contributed by atoms with Crippen LogP contribution in [-0.4, -0.2) is 22.3 Å². The minimum Gasteiger partial charge on any atom is -0.350 e. The van der Waals surface area contributed by atoms with Crippen LogP contribution >= 0.6 is 12.2 Å². The molecule has 1 aliphatic carbocycles. The van der Waals surface area contributed by atoms with Crippen molar-refractivity contribution in [2.45, 2.75) is 64.1 Å². The van der Waals surface area contributed by atoms with E-state index in [9.17, 15) is 4.79 Å². The maximum atomic E-state index is 10.7. The molecular formula is C12H24N6OS. The summed E-state index contributed by atoms with van der Waals surface area (Å²) in [4.78, 5) is 10.7. The zero-order valence-corrected chi connectivity index (χ0v) is 13.1. The molecule has 7 nitrogen and oxygen atoms in total. The van der Waals surface area contributed by atoms with Crippen LogP contribution in [0.1, 0.15) is 52.9 Å². The summed E-state index contributed by atoms with van der Waals surface area (Å²) >= 11 is 5.14. The molecule has 0 radical (unpaired) electrons. The lowest BCUT2D eigenvalue weighted by Crippen LogP contribution is -2.56. The molecule has 0 unspecified atom stereocenters. The van der Waals surface area contributed by atoms with Crippen LogP contribution in [0.5, 0.6) is 0 Å². The number of nitrogens with one attached hydrogen (secondary N) is 3. The fourth-order valence-electron chi connectivity index (χ4n) is 1.99. The SMILES string of the molecule is CC(C)(C)/N=N/C1(NC(=S)NNC(N)=O)CCCCC1. The summed E-state index contributed by atoms with van der Waals surface area (Å²) in [7, 11) is 0. The van der Waals surface area contributed by atoms with Gasteiger partial charge in [-0.15, -0.1) is 0 Å². The first-order valence-corrected chi connectivity index (χ1v) is 7.21. The van der Waals surface area contributed by atoms with Crippen molar-refractivity contribution in [2.75, 3.05) is 0 Å². The van der Waals surface area contributed by atoms with E-state index in [2.05, 4.69) is 26.4 Å². The third-order valence-electron chi connectivity index (χ3n) is 2.87.